The number of hydrogen-bond acceptors (Lipinski definition) is 6. The quantitative estimate of drug-likeness (QED) is 0.611. The first-order chi connectivity index (χ1) is 10.5. The van der Waals surface area contributed by atoms with Gasteiger partial charge in [0.2, 0.25) is 0 Å². The van der Waals surface area contributed by atoms with E-state index >= 15 is 0 Å². The number of anilines is 1. The maximum Gasteiger partial charge on any atom is 0.335 e. The third-order valence-corrected chi connectivity index (χ3v) is 3.98. The molecule has 114 valence electrons. The molecule has 0 saturated heterocycles. The molecule has 0 unspecified atom stereocenters. The van der Waals surface area contributed by atoms with Crippen LogP contribution >= 0.6 is 22.6 Å². The third kappa shape index (κ3) is 3.06. The second kappa shape index (κ2) is 6.77. The normalized spacial score (nSPS) is 10.3. The van der Waals surface area contributed by atoms with E-state index in [2.05, 4.69) is 37.7 Å². The molecule has 1 aromatic heterocycles. The molecule has 1 heterocycles. The first kappa shape index (κ1) is 16.3. The summed E-state index contributed by atoms with van der Waals surface area (Å²) in [5.41, 5.74) is 6.88. The zero-order valence-corrected chi connectivity index (χ0v) is 14.1. The lowest BCUT2D eigenvalue weighted by Gasteiger charge is -2.10. The monoisotopic (exact) mass is 412 g/mol. The van der Waals surface area contributed by atoms with Crippen molar-refractivity contribution in [3.05, 3.63) is 37.9 Å². The van der Waals surface area contributed by atoms with E-state index in [-0.39, 0.29) is 17.3 Å². The van der Waals surface area contributed by atoms with Crippen LogP contribution in [-0.4, -0.2) is 23.0 Å². The topological polar surface area (TPSA) is 108 Å². The molecule has 22 heavy (non-hydrogen) atoms. The molecule has 0 bridgehead atoms. The van der Waals surface area contributed by atoms with E-state index in [1.54, 1.807) is 26.2 Å². The van der Waals surface area contributed by atoms with Crippen molar-refractivity contribution < 1.29 is 9.53 Å². The van der Waals surface area contributed by atoms with Crippen LogP contribution in [0.3, 0.4) is 0 Å². The molecule has 0 spiro atoms. The molecule has 7 nitrogen and oxygen atoms in total. The van der Waals surface area contributed by atoms with Gasteiger partial charge in [0.05, 0.1) is 10.7 Å². The van der Waals surface area contributed by atoms with E-state index in [1.165, 1.54) is 0 Å². The molecule has 0 atom stereocenters. The number of carbonyl (C=O) groups is 1. The van der Waals surface area contributed by atoms with Gasteiger partial charge in [-0.2, -0.15) is 0 Å². The van der Waals surface area contributed by atoms with Crippen molar-refractivity contribution in [2.24, 2.45) is 5.18 Å². The summed E-state index contributed by atoms with van der Waals surface area (Å²) in [6, 6.07) is 5.36. The van der Waals surface area contributed by atoms with E-state index in [9.17, 15) is 9.70 Å². The van der Waals surface area contributed by atoms with Crippen LogP contribution in [0.1, 0.15) is 23.0 Å². The average Bonchev–Trinajstić information content (AvgIpc) is 2.53. The maximum atomic E-state index is 11.7. The molecule has 8 heteroatoms. The largest absolute Gasteiger partial charge is 0.496 e. The third-order valence-electron chi connectivity index (χ3n) is 3.09. The number of halogens is 1. The molecule has 0 radical (unpaired) electrons. The fourth-order valence-electron chi connectivity index (χ4n) is 2.00. The van der Waals surface area contributed by atoms with Gasteiger partial charge in [-0.25, -0.2) is 9.97 Å². The molecule has 0 aliphatic heterocycles. The van der Waals surface area contributed by atoms with Crippen LogP contribution < -0.4 is 10.5 Å². The second-order valence-corrected chi connectivity index (χ2v) is 5.52. The molecule has 0 aliphatic carbocycles. The maximum absolute atomic E-state index is 11.7. The van der Waals surface area contributed by atoms with Crippen molar-refractivity contribution in [1.82, 2.24) is 9.97 Å². The van der Waals surface area contributed by atoms with Crippen LogP contribution in [0.4, 0.5) is 5.82 Å². The summed E-state index contributed by atoms with van der Waals surface area (Å²) < 4.78 is 6.18. The van der Waals surface area contributed by atoms with Gasteiger partial charge in [-0.05, 0) is 47.2 Å². The van der Waals surface area contributed by atoms with Crippen molar-refractivity contribution >= 4 is 34.3 Å². The van der Waals surface area contributed by atoms with Crippen molar-refractivity contribution in [2.75, 3.05) is 12.8 Å². The highest BCUT2D eigenvalue weighted by atomic mass is 127. The second-order valence-electron chi connectivity index (χ2n) is 4.36. The lowest BCUT2D eigenvalue weighted by Crippen LogP contribution is -2.10. The van der Waals surface area contributed by atoms with E-state index in [0.717, 1.165) is 3.57 Å². The minimum Gasteiger partial charge on any atom is -0.496 e. The minimum atomic E-state index is -0.954. The Bertz CT molecular complexity index is 749. The molecule has 0 fully saturated rings. The number of hydrogen-bond donors (Lipinski definition) is 1. The Balaban J connectivity index is 2.64. The number of methoxy groups -OCH3 is 1. The minimum absolute atomic E-state index is 0.0579. The number of amides is 1. The van der Waals surface area contributed by atoms with Crippen molar-refractivity contribution in [2.45, 2.75) is 13.3 Å². The lowest BCUT2D eigenvalue weighted by molar-refractivity contribution is 0.0995. The fraction of sp³-hybridized carbons (Fsp3) is 0.214. The van der Waals surface area contributed by atoms with Gasteiger partial charge in [-0.3, -0.25) is 4.79 Å². The van der Waals surface area contributed by atoms with Crippen LogP contribution in [0.2, 0.25) is 0 Å². The van der Waals surface area contributed by atoms with Crippen molar-refractivity contribution in [3.8, 4) is 17.1 Å². The zero-order valence-electron chi connectivity index (χ0n) is 12.0. The van der Waals surface area contributed by atoms with Gasteiger partial charge in [0, 0.05) is 16.3 Å². The summed E-state index contributed by atoms with van der Waals surface area (Å²) >= 11 is 2.14. The molecule has 1 aromatic carbocycles. The highest BCUT2D eigenvalue weighted by Crippen LogP contribution is 2.28. The lowest BCUT2D eigenvalue weighted by atomic mass is 10.1. The van der Waals surface area contributed by atoms with Crippen LogP contribution in [-0.2, 0) is 6.42 Å². The van der Waals surface area contributed by atoms with Gasteiger partial charge in [0.25, 0.3) is 0 Å². The zero-order chi connectivity index (χ0) is 16.3. The molecular formula is C14H13IN4O3. The Morgan fingerprint density at radius 1 is 1.41 bits per heavy atom. The molecular weight excluding hydrogens is 399 g/mol. The summed E-state index contributed by atoms with van der Waals surface area (Å²) in [7, 11) is 1.56. The number of nitrogens with zero attached hydrogens (tertiary/aromatic N) is 3. The summed E-state index contributed by atoms with van der Waals surface area (Å²) in [5, 5.41) is 2.43. The number of nitrogen functional groups attached to an aromatic ring is 1. The smallest absolute Gasteiger partial charge is 0.335 e. The summed E-state index contributed by atoms with van der Waals surface area (Å²) in [4.78, 5) is 30.6. The SMILES string of the molecule is CCc1c(N)nc(-c2ccc(I)c(OC)c2)nc1C(=O)N=O. The Morgan fingerprint density at radius 2 is 2.14 bits per heavy atom. The summed E-state index contributed by atoms with van der Waals surface area (Å²) in [6.45, 7) is 1.80. The van der Waals surface area contributed by atoms with Crippen LogP contribution in [0.5, 0.6) is 5.75 Å². The molecule has 0 saturated carbocycles. The Hall–Kier alpha value is -2.10. The molecule has 2 N–H and O–H groups in total. The van der Waals surface area contributed by atoms with Gasteiger partial charge in [-0.15, -0.1) is 4.91 Å². The molecule has 0 aliphatic rings. The number of rotatable bonds is 4. The van der Waals surface area contributed by atoms with Gasteiger partial charge in [0.15, 0.2) is 5.82 Å². The van der Waals surface area contributed by atoms with Gasteiger partial charge in [0.1, 0.15) is 17.3 Å². The predicted molar refractivity (Wildman–Crippen MR) is 90.7 cm³/mol. The number of carbonyl (C=O) groups excluding carboxylic acids is 1. The summed E-state index contributed by atoms with van der Waals surface area (Å²) in [5.74, 6) is 0.110. The predicted octanol–water partition coefficient (Wildman–Crippen LogP) is 2.81. The van der Waals surface area contributed by atoms with Crippen LogP contribution in [0.25, 0.3) is 11.4 Å². The van der Waals surface area contributed by atoms with E-state index in [1.807, 2.05) is 6.07 Å². The molecule has 2 aromatic rings. The van der Waals surface area contributed by atoms with Crippen LogP contribution in [0.15, 0.2) is 23.4 Å². The molecule has 1 amide bonds. The Labute approximate surface area is 140 Å². The average molecular weight is 412 g/mol. The highest BCUT2D eigenvalue weighted by Gasteiger charge is 2.19. The first-order valence-electron chi connectivity index (χ1n) is 6.39. The Morgan fingerprint density at radius 3 is 2.73 bits per heavy atom. The summed E-state index contributed by atoms with van der Waals surface area (Å²) in [6.07, 6.45) is 0.429. The number of aromatic nitrogens is 2. The molecule has 2 rings (SSSR count). The van der Waals surface area contributed by atoms with Gasteiger partial charge >= 0.3 is 5.91 Å². The van der Waals surface area contributed by atoms with Gasteiger partial charge in [-0.1, -0.05) is 6.92 Å². The highest BCUT2D eigenvalue weighted by molar-refractivity contribution is 14.1. The fourth-order valence-corrected chi connectivity index (χ4v) is 2.55. The first-order valence-corrected chi connectivity index (χ1v) is 7.47. The van der Waals surface area contributed by atoms with Gasteiger partial charge < -0.3 is 10.5 Å². The number of nitrogens with two attached hydrogens (primary N) is 1. The van der Waals surface area contributed by atoms with Crippen LogP contribution in [0, 0.1) is 8.48 Å². The Kier molecular flexibility index (Phi) is 5.01. The van der Waals surface area contributed by atoms with E-state index in [0.29, 0.717) is 23.3 Å². The van der Waals surface area contributed by atoms with Crippen molar-refractivity contribution in [1.29, 1.82) is 0 Å². The van der Waals surface area contributed by atoms with E-state index in [4.69, 9.17) is 10.5 Å². The van der Waals surface area contributed by atoms with E-state index < -0.39 is 5.91 Å². The number of ether oxygens (including phenoxy) is 1. The van der Waals surface area contributed by atoms with Crippen molar-refractivity contribution in [3.63, 3.8) is 0 Å². The standard InChI is InChI=1S/C14H13IN4O3/c1-3-8-11(14(20)19-21)17-13(18-12(8)16)7-4-5-9(15)10(6-7)22-2/h4-6H,3H2,1-2H3,(H2,16,17,18). The number of nitroso groups, excluding NO2 is 1. The number of benzene rings is 1.